The second-order valence-corrected chi connectivity index (χ2v) is 9.72. The van der Waals surface area contributed by atoms with Gasteiger partial charge in [0, 0.05) is 0 Å². The molecule has 33 heavy (non-hydrogen) atoms. The van der Waals surface area contributed by atoms with E-state index in [9.17, 15) is 8.42 Å². The van der Waals surface area contributed by atoms with Crippen LogP contribution in [0.25, 0.3) is 22.2 Å². The van der Waals surface area contributed by atoms with Gasteiger partial charge in [0.15, 0.2) is 5.65 Å². The molecule has 2 aromatic heterocycles. The van der Waals surface area contributed by atoms with E-state index >= 15 is 0 Å². The highest BCUT2D eigenvalue weighted by molar-refractivity contribution is 7.92. The van der Waals surface area contributed by atoms with Crippen LogP contribution in [0.1, 0.15) is 16.7 Å². The lowest BCUT2D eigenvalue weighted by molar-refractivity contribution is 0.597. The Morgan fingerprint density at radius 2 is 1.61 bits per heavy atom. The van der Waals surface area contributed by atoms with Gasteiger partial charge in [0.25, 0.3) is 0 Å². The molecule has 0 saturated heterocycles. The summed E-state index contributed by atoms with van der Waals surface area (Å²) in [7, 11) is -3.98. The third-order valence-electron chi connectivity index (χ3n) is 5.50. The van der Waals surface area contributed by atoms with E-state index in [2.05, 4.69) is 15.1 Å². The molecule has 2 N–H and O–H groups in total. The molecular weight excluding hydrogens is 434 g/mol. The maximum absolute atomic E-state index is 13.7. The fraction of sp³-hybridized carbons (Fsp3) is 0.0800. The second kappa shape index (κ2) is 7.83. The van der Waals surface area contributed by atoms with Gasteiger partial charge in [0.2, 0.25) is 9.84 Å². The number of benzene rings is 3. The van der Waals surface area contributed by atoms with E-state index in [1.165, 1.54) is 4.68 Å². The first-order valence-electron chi connectivity index (χ1n) is 10.3. The van der Waals surface area contributed by atoms with Gasteiger partial charge in [-0.15, -0.1) is 0 Å². The first-order valence-corrected chi connectivity index (χ1v) is 11.8. The molecule has 0 aliphatic heterocycles. The summed E-state index contributed by atoms with van der Waals surface area (Å²) in [5.74, 6) is -0.0355. The summed E-state index contributed by atoms with van der Waals surface area (Å²) >= 11 is 0. The van der Waals surface area contributed by atoms with Crippen molar-refractivity contribution in [3.8, 4) is 0 Å². The van der Waals surface area contributed by atoms with E-state index in [4.69, 9.17) is 5.73 Å². The van der Waals surface area contributed by atoms with Crippen LogP contribution < -0.4 is 5.73 Å². The van der Waals surface area contributed by atoms with Gasteiger partial charge in [-0.3, -0.25) is 0 Å². The van der Waals surface area contributed by atoms with E-state index in [0.717, 1.165) is 16.7 Å². The highest BCUT2D eigenvalue weighted by Gasteiger charge is 2.30. The number of aromatic nitrogens is 3. The Balaban J connectivity index is 1.82. The molecule has 0 radical (unpaired) electrons. The number of fused-ring (bicyclic) bond motifs is 2. The standard InChI is InChI=1S/C25H21N5O2S/c1-16-8-7-11-19(14-16)33(31,32)23-22-25(29-21-13-6-5-12-20(21)28-22)30(24(23)26)27-15-18-10-4-3-9-17(18)2/h3-15H,26H2,1-2H3/b27-15-. The molecule has 2 heterocycles. The van der Waals surface area contributed by atoms with E-state index in [-0.39, 0.29) is 26.8 Å². The minimum atomic E-state index is -3.98. The number of sulfone groups is 1. The topological polar surface area (TPSA) is 103 Å². The third-order valence-corrected chi connectivity index (χ3v) is 7.31. The van der Waals surface area contributed by atoms with Gasteiger partial charge in [-0.25, -0.2) is 18.4 Å². The smallest absolute Gasteiger partial charge is 0.212 e. The highest BCUT2D eigenvalue weighted by atomic mass is 32.2. The van der Waals surface area contributed by atoms with Gasteiger partial charge in [0.05, 0.1) is 22.1 Å². The summed E-state index contributed by atoms with van der Waals surface area (Å²) in [5.41, 5.74) is 10.8. The molecule has 0 atom stereocenters. The van der Waals surface area contributed by atoms with Crippen LogP contribution in [0.4, 0.5) is 5.82 Å². The Kier molecular flexibility index (Phi) is 4.94. The Hall–Kier alpha value is -4.04. The minimum Gasteiger partial charge on any atom is -0.382 e. The largest absolute Gasteiger partial charge is 0.382 e. The Morgan fingerprint density at radius 3 is 2.33 bits per heavy atom. The Labute approximate surface area is 191 Å². The first kappa shape index (κ1) is 20.8. The monoisotopic (exact) mass is 455 g/mol. The maximum atomic E-state index is 13.7. The van der Waals surface area contributed by atoms with Gasteiger partial charge in [-0.2, -0.15) is 9.78 Å². The molecule has 0 aliphatic rings. The molecule has 8 heteroatoms. The van der Waals surface area contributed by atoms with Crippen molar-refractivity contribution in [1.29, 1.82) is 0 Å². The lowest BCUT2D eigenvalue weighted by atomic mass is 10.1. The van der Waals surface area contributed by atoms with Crippen LogP contribution >= 0.6 is 0 Å². The van der Waals surface area contributed by atoms with Gasteiger partial charge >= 0.3 is 0 Å². The highest BCUT2D eigenvalue weighted by Crippen LogP contribution is 2.35. The second-order valence-electron chi connectivity index (χ2n) is 7.83. The molecule has 3 aromatic carbocycles. The van der Waals surface area contributed by atoms with Crippen molar-refractivity contribution >= 4 is 44.1 Å². The van der Waals surface area contributed by atoms with E-state index in [0.29, 0.717) is 11.0 Å². The minimum absolute atomic E-state index is 0.0355. The lowest BCUT2D eigenvalue weighted by Gasteiger charge is -2.06. The zero-order chi connectivity index (χ0) is 23.2. The molecule has 0 saturated carbocycles. The zero-order valence-electron chi connectivity index (χ0n) is 18.1. The quantitative estimate of drug-likeness (QED) is 0.402. The summed E-state index contributed by atoms with van der Waals surface area (Å²) in [6.45, 7) is 3.81. The van der Waals surface area contributed by atoms with E-state index in [1.54, 1.807) is 30.5 Å². The fourth-order valence-corrected chi connectivity index (χ4v) is 5.34. The summed E-state index contributed by atoms with van der Waals surface area (Å²) in [5, 5.41) is 4.52. The number of hydrogen-bond donors (Lipinski definition) is 1. The van der Waals surface area contributed by atoms with Crippen molar-refractivity contribution in [2.24, 2.45) is 5.10 Å². The molecule has 5 rings (SSSR count). The van der Waals surface area contributed by atoms with Crippen LogP contribution in [0, 0.1) is 13.8 Å². The number of nitrogens with zero attached hydrogens (tertiary/aromatic N) is 4. The molecular formula is C25H21N5O2S. The van der Waals surface area contributed by atoms with Crippen molar-refractivity contribution < 1.29 is 8.42 Å². The van der Waals surface area contributed by atoms with Crippen LogP contribution in [0.5, 0.6) is 0 Å². The first-order chi connectivity index (χ1) is 15.9. The molecule has 0 spiro atoms. The number of para-hydroxylation sites is 2. The Bertz CT molecular complexity index is 1670. The average molecular weight is 456 g/mol. The van der Waals surface area contributed by atoms with Crippen molar-refractivity contribution in [3.63, 3.8) is 0 Å². The van der Waals surface area contributed by atoms with Crippen molar-refractivity contribution in [2.75, 3.05) is 5.73 Å². The van der Waals surface area contributed by atoms with Crippen LogP contribution in [-0.4, -0.2) is 29.3 Å². The summed E-state index contributed by atoms with van der Waals surface area (Å²) < 4.78 is 28.7. The molecule has 164 valence electrons. The van der Waals surface area contributed by atoms with Gasteiger partial charge in [-0.05, 0) is 54.8 Å². The molecule has 0 bridgehead atoms. The maximum Gasteiger partial charge on any atom is 0.212 e. The molecule has 0 unspecified atom stereocenters. The summed E-state index contributed by atoms with van der Waals surface area (Å²) in [6.07, 6.45) is 1.64. The van der Waals surface area contributed by atoms with Gasteiger partial charge < -0.3 is 5.73 Å². The SMILES string of the molecule is Cc1cccc(S(=O)(=O)c2c(N)n(/N=C\c3ccccc3C)c3nc4ccccc4nc23)c1. The lowest BCUT2D eigenvalue weighted by Crippen LogP contribution is -2.07. The number of aryl methyl sites for hydroxylation is 2. The van der Waals surface area contributed by atoms with Crippen molar-refractivity contribution in [3.05, 3.63) is 89.5 Å². The fourth-order valence-electron chi connectivity index (χ4n) is 3.76. The predicted molar refractivity (Wildman–Crippen MR) is 130 cm³/mol. The molecule has 0 aliphatic carbocycles. The number of hydrogen-bond acceptors (Lipinski definition) is 6. The summed E-state index contributed by atoms with van der Waals surface area (Å²) in [4.78, 5) is 9.34. The molecule has 0 fully saturated rings. The molecule has 7 nitrogen and oxygen atoms in total. The van der Waals surface area contributed by atoms with Crippen molar-refractivity contribution in [2.45, 2.75) is 23.6 Å². The van der Waals surface area contributed by atoms with E-state index < -0.39 is 9.84 Å². The molecule has 0 amide bonds. The number of nitrogen functional groups attached to an aromatic ring is 1. The predicted octanol–water partition coefficient (Wildman–Crippen LogP) is 4.50. The number of nitrogens with two attached hydrogens (primary N) is 1. The van der Waals surface area contributed by atoms with Gasteiger partial charge in [-0.1, -0.05) is 48.5 Å². The number of anilines is 1. The van der Waals surface area contributed by atoms with Crippen LogP contribution in [0.15, 0.2) is 87.7 Å². The van der Waals surface area contributed by atoms with Crippen LogP contribution in [0.3, 0.4) is 0 Å². The molecule has 5 aromatic rings. The van der Waals surface area contributed by atoms with Crippen LogP contribution in [-0.2, 0) is 9.84 Å². The Morgan fingerprint density at radius 1 is 0.909 bits per heavy atom. The number of rotatable bonds is 4. The van der Waals surface area contributed by atoms with Gasteiger partial charge in [0.1, 0.15) is 16.2 Å². The third kappa shape index (κ3) is 3.54. The van der Waals surface area contributed by atoms with Crippen molar-refractivity contribution in [1.82, 2.24) is 14.6 Å². The normalized spacial score (nSPS) is 12.2. The summed E-state index contributed by atoms with van der Waals surface area (Å²) in [6, 6.07) is 21.7. The average Bonchev–Trinajstić information content (AvgIpc) is 3.07. The van der Waals surface area contributed by atoms with Crippen LogP contribution in [0.2, 0.25) is 0 Å². The van der Waals surface area contributed by atoms with E-state index in [1.807, 2.05) is 62.4 Å². The zero-order valence-corrected chi connectivity index (χ0v) is 18.9.